The van der Waals surface area contributed by atoms with Crippen LogP contribution in [0.25, 0.3) is 0 Å². The van der Waals surface area contributed by atoms with E-state index in [-0.39, 0.29) is 5.91 Å². The van der Waals surface area contributed by atoms with Crippen molar-refractivity contribution in [3.8, 4) is 0 Å². The molecule has 1 fully saturated rings. The molecular formula is C18H37N5O. The van der Waals surface area contributed by atoms with Crippen LogP contribution in [0.4, 0.5) is 0 Å². The van der Waals surface area contributed by atoms with E-state index < -0.39 is 5.41 Å². The Balaban J connectivity index is 2.75. The number of guanidine groups is 1. The van der Waals surface area contributed by atoms with Gasteiger partial charge in [0.1, 0.15) is 0 Å². The lowest BCUT2D eigenvalue weighted by Crippen LogP contribution is -2.44. The van der Waals surface area contributed by atoms with Gasteiger partial charge in [0.2, 0.25) is 5.91 Å². The second kappa shape index (κ2) is 9.87. The zero-order chi connectivity index (χ0) is 18.2. The summed E-state index contributed by atoms with van der Waals surface area (Å²) in [4.78, 5) is 21.8. The Morgan fingerprint density at radius 1 is 1.17 bits per heavy atom. The molecule has 0 radical (unpaired) electrons. The van der Waals surface area contributed by atoms with Gasteiger partial charge in [0.05, 0.1) is 12.0 Å². The molecule has 1 unspecified atom stereocenters. The van der Waals surface area contributed by atoms with Crippen LogP contribution in [0, 0.1) is 5.41 Å². The van der Waals surface area contributed by atoms with Crippen molar-refractivity contribution < 1.29 is 4.79 Å². The SMILES string of the molecule is CCNC(=O)C(C)(C)CN=C(NCC)N1CCC(N(CC)CC)C1. The number of likely N-dealkylation sites (N-methyl/N-ethyl adjacent to an activating group) is 1. The maximum atomic E-state index is 12.2. The number of amides is 1. The molecule has 2 N–H and O–H groups in total. The van der Waals surface area contributed by atoms with E-state index in [1.807, 2.05) is 20.8 Å². The van der Waals surface area contributed by atoms with Crippen LogP contribution in [-0.4, -0.2) is 73.5 Å². The minimum absolute atomic E-state index is 0.0621. The zero-order valence-electron chi connectivity index (χ0n) is 16.5. The van der Waals surface area contributed by atoms with E-state index in [2.05, 4.69) is 41.2 Å². The number of nitrogens with zero attached hydrogens (tertiary/aromatic N) is 3. The van der Waals surface area contributed by atoms with Crippen LogP contribution in [0.15, 0.2) is 4.99 Å². The second-order valence-corrected chi connectivity index (χ2v) is 7.02. The second-order valence-electron chi connectivity index (χ2n) is 7.02. The molecule has 6 nitrogen and oxygen atoms in total. The Bertz CT molecular complexity index is 418. The largest absolute Gasteiger partial charge is 0.357 e. The molecule has 0 aromatic heterocycles. The third-order valence-corrected chi connectivity index (χ3v) is 4.70. The maximum absolute atomic E-state index is 12.2. The average molecular weight is 340 g/mol. The molecule has 0 bridgehead atoms. The summed E-state index contributed by atoms with van der Waals surface area (Å²) in [6, 6.07) is 0.597. The molecule has 1 saturated heterocycles. The highest BCUT2D eigenvalue weighted by Gasteiger charge is 2.30. The van der Waals surface area contributed by atoms with Gasteiger partial charge in [-0.15, -0.1) is 0 Å². The van der Waals surface area contributed by atoms with E-state index in [1.54, 1.807) is 0 Å². The molecule has 1 atom stereocenters. The summed E-state index contributed by atoms with van der Waals surface area (Å²) in [7, 11) is 0. The van der Waals surface area contributed by atoms with Crippen LogP contribution in [0.2, 0.25) is 0 Å². The summed E-state index contributed by atoms with van der Waals surface area (Å²) in [5.74, 6) is 0.997. The lowest BCUT2D eigenvalue weighted by Gasteiger charge is -2.28. The van der Waals surface area contributed by atoms with Crippen molar-refractivity contribution >= 4 is 11.9 Å². The smallest absolute Gasteiger partial charge is 0.227 e. The highest BCUT2D eigenvalue weighted by molar-refractivity contribution is 5.84. The van der Waals surface area contributed by atoms with Gasteiger partial charge in [-0.1, -0.05) is 13.8 Å². The molecule has 1 amide bonds. The molecule has 1 aliphatic heterocycles. The van der Waals surface area contributed by atoms with Gasteiger partial charge in [-0.05, 0) is 47.2 Å². The highest BCUT2D eigenvalue weighted by Crippen LogP contribution is 2.18. The van der Waals surface area contributed by atoms with E-state index >= 15 is 0 Å². The molecular weight excluding hydrogens is 302 g/mol. The van der Waals surface area contributed by atoms with Crippen molar-refractivity contribution in [1.29, 1.82) is 0 Å². The number of carbonyl (C=O) groups is 1. The highest BCUT2D eigenvalue weighted by atomic mass is 16.2. The van der Waals surface area contributed by atoms with Gasteiger partial charge < -0.3 is 15.5 Å². The Labute approximate surface area is 148 Å². The van der Waals surface area contributed by atoms with Gasteiger partial charge >= 0.3 is 0 Å². The molecule has 0 spiro atoms. The van der Waals surface area contributed by atoms with Gasteiger partial charge in [-0.3, -0.25) is 14.7 Å². The summed E-state index contributed by atoms with van der Waals surface area (Å²) < 4.78 is 0. The molecule has 1 rings (SSSR count). The van der Waals surface area contributed by atoms with Crippen LogP contribution in [-0.2, 0) is 4.79 Å². The van der Waals surface area contributed by atoms with E-state index in [1.165, 1.54) is 6.42 Å². The number of rotatable bonds is 8. The van der Waals surface area contributed by atoms with Crippen LogP contribution < -0.4 is 10.6 Å². The number of aliphatic imine (C=N–C) groups is 1. The van der Waals surface area contributed by atoms with Gasteiger partial charge in [-0.2, -0.15) is 0 Å². The van der Waals surface area contributed by atoms with Crippen molar-refractivity contribution in [2.75, 3.05) is 45.8 Å². The molecule has 140 valence electrons. The van der Waals surface area contributed by atoms with E-state index in [9.17, 15) is 4.79 Å². The Morgan fingerprint density at radius 2 is 1.79 bits per heavy atom. The predicted octanol–water partition coefficient (Wildman–Crippen LogP) is 1.53. The van der Waals surface area contributed by atoms with Crippen LogP contribution in [0.1, 0.15) is 48.0 Å². The summed E-state index contributed by atoms with van der Waals surface area (Å²) in [5, 5.41) is 6.29. The van der Waals surface area contributed by atoms with E-state index in [0.29, 0.717) is 19.1 Å². The Morgan fingerprint density at radius 3 is 2.33 bits per heavy atom. The van der Waals surface area contributed by atoms with Gasteiger partial charge in [0.25, 0.3) is 0 Å². The molecule has 0 aromatic rings. The molecule has 0 aliphatic carbocycles. The predicted molar refractivity (Wildman–Crippen MR) is 101 cm³/mol. The average Bonchev–Trinajstić information content (AvgIpc) is 3.02. The first-order valence-electron chi connectivity index (χ1n) is 9.45. The number of carbonyl (C=O) groups excluding carboxylic acids is 1. The number of hydrogen-bond acceptors (Lipinski definition) is 3. The summed E-state index contributed by atoms with van der Waals surface area (Å²) in [5.41, 5.74) is -0.491. The van der Waals surface area contributed by atoms with Gasteiger partial charge in [0.15, 0.2) is 5.96 Å². The monoisotopic (exact) mass is 339 g/mol. The first-order valence-corrected chi connectivity index (χ1v) is 9.45. The van der Waals surface area contributed by atoms with Gasteiger partial charge in [0, 0.05) is 32.2 Å². The van der Waals surface area contributed by atoms with Crippen molar-refractivity contribution in [1.82, 2.24) is 20.4 Å². The van der Waals surface area contributed by atoms with E-state index in [4.69, 9.17) is 4.99 Å². The fraction of sp³-hybridized carbons (Fsp3) is 0.889. The third-order valence-electron chi connectivity index (χ3n) is 4.70. The first-order chi connectivity index (χ1) is 11.4. The first kappa shape index (κ1) is 20.7. The quantitative estimate of drug-likeness (QED) is 0.520. The summed E-state index contributed by atoms with van der Waals surface area (Å²) >= 11 is 0. The number of hydrogen-bond donors (Lipinski definition) is 2. The van der Waals surface area contributed by atoms with Crippen LogP contribution in [0.5, 0.6) is 0 Å². The third kappa shape index (κ3) is 5.65. The molecule has 0 saturated carbocycles. The van der Waals surface area contributed by atoms with Crippen LogP contribution in [0.3, 0.4) is 0 Å². The van der Waals surface area contributed by atoms with Crippen LogP contribution >= 0.6 is 0 Å². The number of nitrogens with one attached hydrogen (secondary N) is 2. The maximum Gasteiger partial charge on any atom is 0.227 e. The van der Waals surface area contributed by atoms with Crippen molar-refractivity contribution in [2.45, 2.75) is 54.0 Å². The lowest BCUT2D eigenvalue weighted by atomic mass is 9.92. The Kier molecular flexibility index (Phi) is 8.53. The van der Waals surface area contributed by atoms with Crippen molar-refractivity contribution in [2.24, 2.45) is 10.4 Å². The standard InChI is InChI=1S/C18H37N5O/c1-7-19-16(24)18(5,6)14-21-17(20-8-2)23-12-11-15(13-23)22(9-3)10-4/h15H,7-14H2,1-6H3,(H,19,24)(H,20,21). The lowest BCUT2D eigenvalue weighted by molar-refractivity contribution is -0.128. The minimum Gasteiger partial charge on any atom is -0.357 e. The van der Waals surface area contributed by atoms with E-state index in [0.717, 1.165) is 38.7 Å². The minimum atomic E-state index is -0.491. The fourth-order valence-electron chi connectivity index (χ4n) is 3.14. The molecule has 1 aliphatic rings. The van der Waals surface area contributed by atoms with Crippen molar-refractivity contribution in [3.05, 3.63) is 0 Å². The zero-order valence-corrected chi connectivity index (χ0v) is 16.5. The Hall–Kier alpha value is -1.30. The molecule has 0 aromatic carbocycles. The molecule has 1 heterocycles. The topological polar surface area (TPSA) is 60.0 Å². The number of likely N-dealkylation sites (tertiary alicyclic amines) is 1. The molecule has 6 heteroatoms. The fourth-order valence-corrected chi connectivity index (χ4v) is 3.14. The van der Waals surface area contributed by atoms with Gasteiger partial charge in [-0.25, -0.2) is 0 Å². The summed E-state index contributed by atoms with van der Waals surface area (Å²) in [6.07, 6.45) is 1.17. The molecule has 24 heavy (non-hydrogen) atoms. The normalized spacial score (nSPS) is 19.0. The van der Waals surface area contributed by atoms with Crippen molar-refractivity contribution in [3.63, 3.8) is 0 Å². The summed E-state index contributed by atoms with van der Waals surface area (Å²) in [6.45, 7) is 18.6.